The molecule has 1 aromatic carbocycles. The van der Waals surface area contributed by atoms with Crippen molar-refractivity contribution in [3.63, 3.8) is 0 Å². The molecule has 0 unspecified atom stereocenters. The maximum Gasteiger partial charge on any atom is 0.242 e. The zero-order chi connectivity index (χ0) is 13.2. The zero-order valence-electron chi connectivity index (χ0n) is 10.6. The van der Waals surface area contributed by atoms with Gasteiger partial charge in [0.1, 0.15) is 0 Å². The van der Waals surface area contributed by atoms with Crippen molar-refractivity contribution in [2.45, 2.75) is 11.3 Å². The highest BCUT2D eigenvalue weighted by molar-refractivity contribution is 7.89. The second-order valence-corrected chi connectivity index (χ2v) is 6.36. The van der Waals surface area contributed by atoms with Gasteiger partial charge < -0.3 is 10.1 Å². The minimum atomic E-state index is -3.42. The van der Waals surface area contributed by atoms with Gasteiger partial charge in [0.15, 0.2) is 0 Å². The van der Waals surface area contributed by atoms with Gasteiger partial charge in [-0.15, -0.1) is 0 Å². The molecule has 18 heavy (non-hydrogen) atoms. The van der Waals surface area contributed by atoms with Crippen molar-refractivity contribution in [1.29, 1.82) is 0 Å². The average Bonchev–Trinajstić information content (AvgIpc) is 2.82. The third kappa shape index (κ3) is 2.50. The molecular formula is C12H18N2O3S. The second kappa shape index (κ2) is 5.26. The van der Waals surface area contributed by atoms with Crippen LogP contribution in [-0.4, -0.2) is 46.6 Å². The lowest BCUT2D eigenvalue weighted by atomic mass is 10.2. The highest BCUT2D eigenvalue weighted by Crippen LogP contribution is 2.26. The van der Waals surface area contributed by atoms with Gasteiger partial charge in [0.25, 0.3) is 0 Å². The monoisotopic (exact) mass is 270 g/mol. The predicted molar refractivity (Wildman–Crippen MR) is 70.3 cm³/mol. The summed E-state index contributed by atoms with van der Waals surface area (Å²) in [5.74, 6) is 0. The Morgan fingerprint density at radius 2 is 2.22 bits per heavy atom. The van der Waals surface area contributed by atoms with Gasteiger partial charge in [0.2, 0.25) is 10.0 Å². The van der Waals surface area contributed by atoms with E-state index in [1.807, 2.05) is 6.07 Å². The molecule has 0 radical (unpaired) electrons. The largest absolute Gasteiger partial charge is 0.384 e. The van der Waals surface area contributed by atoms with Crippen LogP contribution in [-0.2, 0) is 21.2 Å². The number of benzene rings is 1. The van der Waals surface area contributed by atoms with Crippen molar-refractivity contribution in [2.24, 2.45) is 0 Å². The summed E-state index contributed by atoms with van der Waals surface area (Å²) in [7, 11) is -0.300. The summed E-state index contributed by atoms with van der Waals surface area (Å²) in [6.07, 6.45) is 0.954. The molecule has 1 aliphatic heterocycles. The van der Waals surface area contributed by atoms with Gasteiger partial charge in [-0.25, -0.2) is 8.42 Å². The molecule has 0 aliphatic carbocycles. The summed E-state index contributed by atoms with van der Waals surface area (Å²) in [6.45, 7) is 1.61. The number of anilines is 1. The van der Waals surface area contributed by atoms with Gasteiger partial charge in [-0.1, -0.05) is 6.07 Å². The van der Waals surface area contributed by atoms with Gasteiger partial charge >= 0.3 is 0 Å². The van der Waals surface area contributed by atoms with E-state index >= 15 is 0 Å². The van der Waals surface area contributed by atoms with Crippen LogP contribution in [0.3, 0.4) is 0 Å². The Morgan fingerprint density at radius 1 is 1.44 bits per heavy atom. The first-order chi connectivity index (χ1) is 8.55. The molecule has 100 valence electrons. The third-order valence-electron chi connectivity index (χ3n) is 3.11. The van der Waals surface area contributed by atoms with Crippen LogP contribution in [0.15, 0.2) is 23.1 Å². The van der Waals surface area contributed by atoms with Crippen molar-refractivity contribution in [1.82, 2.24) is 4.31 Å². The van der Waals surface area contributed by atoms with Crippen LogP contribution in [0.4, 0.5) is 5.69 Å². The minimum Gasteiger partial charge on any atom is -0.384 e. The molecule has 1 aliphatic rings. The summed E-state index contributed by atoms with van der Waals surface area (Å²) in [5, 5.41) is 3.19. The van der Waals surface area contributed by atoms with Crippen LogP contribution in [0.1, 0.15) is 5.56 Å². The van der Waals surface area contributed by atoms with Crippen molar-refractivity contribution in [2.75, 3.05) is 39.2 Å². The molecule has 1 N–H and O–H groups in total. The number of hydrogen-bond donors (Lipinski definition) is 1. The number of sulfonamides is 1. The first kappa shape index (κ1) is 13.3. The van der Waals surface area contributed by atoms with Crippen LogP contribution in [0.25, 0.3) is 0 Å². The van der Waals surface area contributed by atoms with Crippen molar-refractivity contribution in [3.05, 3.63) is 23.8 Å². The molecule has 5 nitrogen and oxygen atoms in total. The zero-order valence-corrected chi connectivity index (χ0v) is 11.5. The van der Waals surface area contributed by atoms with Gasteiger partial charge in [-0.2, -0.15) is 4.31 Å². The fourth-order valence-electron chi connectivity index (χ4n) is 1.95. The summed E-state index contributed by atoms with van der Waals surface area (Å²) >= 11 is 0. The highest BCUT2D eigenvalue weighted by atomic mass is 32.2. The van der Waals surface area contributed by atoms with Crippen LogP contribution in [0, 0.1) is 0 Å². The SMILES string of the molecule is COCCN(C)S(=O)(=O)c1ccc2c(c1)NCC2. The number of ether oxygens (including phenoxy) is 1. The Balaban J connectivity index is 2.24. The molecular weight excluding hydrogens is 252 g/mol. The van der Waals surface area contributed by atoms with E-state index in [9.17, 15) is 8.42 Å². The third-order valence-corrected chi connectivity index (χ3v) is 4.96. The number of nitrogens with one attached hydrogen (secondary N) is 1. The number of methoxy groups -OCH3 is 1. The molecule has 0 saturated carbocycles. The van der Waals surface area contributed by atoms with Crippen LogP contribution in [0.5, 0.6) is 0 Å². The summed E-state index contributed by atoms with van der Waals surface area (Å²) in [6, 6.07) is 5.26. The Labute approximate surface area is 108 Å². The number of likely N-dealkylation sites (N-methyl/N-ethyl adjacent to an activating group) is 1. The average molecular weight is 270 g/mol. The van der Waals surface area contributed by atoms with Gasteiger partial charge in [0, 0.05) is 32.9 Å². The lowest BCUT2D eigenvalue weighted by Gasteiger charge is -2.17. The topological polar surface area (TPSA) is 58.6 Å². The van der Waals surface area contributed by atoms with Gasteiger partial charge in [-0.3, -0.25) is 0 Å². The Morgan fingerprint density at radius 3 is 2.94 bits per heavy atom. The normalized spacial score (nSPS) is 14.6. The van der Waals surface area contributed by atoms with Crippen molar-refractivity contribution >= 4 is 15.7 Å². The molecule has 0 fully saturated rings. The van der Waals surface area contributed by atoms with E-state index in [1.165, 1.54) is 9.87 Å². The van der Waals surface area contributed by atoms with E-state index in [0.717, 1.165) is 18.7 Å². The van der Waals surface area contributed by atoms with E-state index in [4.69, 9.17) is 4.74 Å². The Bertz CT molecular complexity index is 528. The van der Waals surface area contributed by atoms with E-state index in [2.05, 4.69) is 5.32 Å². The van der Waals surface area contributed by atoms with E-state index in [1.54, 1.807) is 26.3 Å². The number of fused-ring (bicyclic) bond motifs is 1. The van der Waals surface area contributed by atoms with Crippen LogP contribution < -0.4 is 5.32 Å². The molecule has 0 aromatic heterocycles. The summed E-state index contributed by atoms with van der Waals surface area (Å²) in [4.78, 5) is 0.328. The maximum absolute atomic E-state index is 12.3. The molecule has 1 aromatic rings. The van der Waals surface area contributed by atoms with E-state index < -0.39 is 10.0 Å². The van der Waals surface area contributed by atoms with Crippen molar-refractivity contribution in [3.8, 4) is 0 Å². The minimum absolute atomic E-state index is 0.328. The lowest BCUT2D eigenvalue weighted by molar-refractivity contribution is 0.185. The molecule has 2 rings (SSSR count). The molecule has 0 atom stereocenters. The first-order valence-electron chi connectivity index (χ1n) is 5.88. The van der Waals surface area contributed by atoms with E-state index in [0.29, 0.717) is 18.0 Å². The predicted octanol–water partition coefficient (Wildman–Crippen LogP) is 0.921. The molecule has 0 bridgehead atoms. The fraction of sp³-hybridized carbons (Fsp3) is 0.500. The molecule has 6 heteroatoms. The molecule has 0 spiro atoms. The van der Waals surface area contributed by atoms with Gasteiger partial charge in [-0.05, 0) is 24.1 Å². The lowest BCUT2D eigenvalue weighted by Crippen LogP contribution is -2.30. The van der Waals surface area contributed by atoms with Crippen LogP contribution in [0.2, 0.25) is 0 Å². The second-order valence-electron chi connectivity index (χ2n) is 4.32. The molecule has 1 heterocycles. The summed E-state index contributed by atoms with van der Waals surface area (Å²) in [5.41, 5.74) is 2.10. The van der Waals surface area contributed by atoms with Crippen LogP contribution >= 0.6 is 0 Å². The quantitative estimate of drug-likeness (QED) is 0.864. The van der Waals surface area contributed by atoms with Crippen molar-refractivity contribution < 1.29 is 13.2 Å². The number of hydrogen-bond acceptors (Lipinski definition) is 4. The molecule has 0 saturated heterocycles. The van der Waals surface area contributed by atoms with Gasteiger partial charge in [0.05, 0.1) is 11.5 Å². The van der Waals surface area contributed by atoms with E-state index in [-0.39, 0.29) is 0 Å². The summed E-state index contributed by atoms with van der Waals surface area (Å²) < 4.78 is 30.8. The standard InChI is InChI=1S/C12H18N2O3S/c1-14(7-8-17-2)18(15,16)11-4-3-10-5-6-13-12(10)9-11/h3-4,9,13H,5-8H2,1-2H3. The number of rotatable bonds is 5. The Hall–Kier alpha value is -1.11. The first-order valence-corrected chi connectivity index (χ1v) is 7.32. The Kier molecular flexibility index (Phi) is 3.89. The smallest absolute Gasteiger partial charge is 0.242 e. The maximum atomic E-state index is 12.3. The molecule has 0 amide bonds. The number of nitrogens with zero attached hydrogens (tertiary/aromatic N) is 1. The highest BCUT2D eigenvalue weighted by Gasteiger charge is 2.22. The fourth-order valence-corrected chi connectivity index (χ4v) is 3.13.